The Labute approximate surface area is 340 Å². The average molecular weight is 767 g/mol. The highest BCUT2D eigenvalue weighted by atomic mass is 16.5. The number of hydrogen-bond acceptors (Lipinski definition) is 6. The van der Waals surface area contributed by atoms with Gasteiger partial charge in [-0.05, 0) is 37.3 Å². The zero-order valence-corrected chi connectivity index (χ0v) is 37.1. The second kappa shape index (κ2) is 31.5. The Kier molecular flexibility index (Phi) is 27.8. The number of nitrogens with zero attached hydrogens (tertiary/aromatic N) is 2. The molecule has 55 heavy (non-hydrogen) atoms. The van der Waals surface area contributed by atoms with Crippen molar-refractivity contribution >= 4 is 11.4 Å². The first-order valence-electron chi connectivity index (χ1n) is 23.1. The lowest BCUT2D eigenvalue weighted by molar-refractivity contribution is 0.279. The third-order valence-electron chi connectivity index (χ3n) is 11.5. The van der Waals surface area contributed by atoms with Gasteiger partial charge in [-0.3, -0.25) is 0 Å². The molecule has 2 aromatic carbocycles. The minimum absolute atomic E-state index is 0.0472. The predicted molar refractivity (Wildman–Crippen MR) is 239 cm³/mol. The summed E-state index contributed by atoms with van der Waals surface area (Å²) in [6.45, 7) is 13.2. The van der Waals surface area contributed by atoms with Crippen molar-refractivity contribution in [3.8, 4) is 17.2 Å². The summed E-state index contributed by atoms with van der Waals surface area (Å²) in [5.74, 6) is 2.47. The molecular weight excluding hydrogens is 681 g/mol. The number of unbranched alkanes of at least 4 members (excludes halogenated alkanes) is 20. The molecule has 0 aromatic heterocycles. The molecule has 0 aliphatic rings. The Morgan fingerprint density at radius 1 is 0.400 bits per heavy atom. The number of aliphatic hydroxyl groups excluding tert-OH is 1. The van der Waals surface area contributed by atoms with Gasteiger partial charge in [0.05, 0.1) is 27.9 Å². The Morgan fingerprint density at radius 3 is 1.00 bits per heavy atom. The molecule has 0 amide bonds. The zero-order chi connectivity index (χ0) is 39.9. The molecule has 0 fully saturated rings. The van der Waals surface area contributed by atoms with E-state index >= 15 is 0 Å². The SMILES string of the molecule is CCCCCCCCN(CCCCCCCC)c1cc(CO)c(Cc2c(OC)cc(N(CCCCCCCC)CCCCCCCC)cc2OC)c(OC)c1. The van der Waals surface area contributed by atoms with Gasteiger partial charge >= 0.3 is 0 Å². The number of ether oxygens (including phenoxy) is 3. The Balaban J connectivity index is 2.39. The molecule has 0 unspecified atom stereocenters. The highest BCUT2D eigenvalue weighted by Crippen LogP contribution is 2.40. The van der Waals surface area contributed by atoms with E-state index < -0.39 is 0 Å². The fourth-order valence-electron chi connectivity index (χ4n) is 7.97. The first-order chi connectivity index (χ1) is 27.0. The van der Waals surface area contributed by atoms with Crippen molar-refractivity contribution in [3.63, 3.8) is 0 Å². The van der Waals surface area contributed by atoms with Crippen LogP contribution in [0.15, 0.2) is 24.3 Å². The summed E-state index contributed by atoms with van der Waals surface area (Å²) < 4.78 is 18.4. The summed E-state index contributed by atoms with van der Waals surface area (Å²) in [7, 11) is 5.29. The number of aliphatic hydroxyl groups is 1. The summed E-state index contributed by atoms with van der Waals surface area (Å²) in [5.41, 5.74) is 5.22. The van der Waals surface area contributed by atoms with Crippen molar-refractivity contribution in [2.75, 3.05) is 57.3 Å². The maximum atomic E-state index is 10.8. The second-order valence-electron chi connectivity index (χ2n) is 16.0. The van der Waals surface area contributed by atoms with Gasteiger partial charge < -0.3 is 29.1 Å². The number of anilines is 2. The van der Waals surface area contributed by atoms with Gasteiger partial charge in [-0.15, -0.1) is 0 Å². The molecule has 0 heterocycles. The molecule has 6 nitrogen and oxygen atoms in total. The summed E-state index contributed by atoms with van der Waals surface area (Å²) >= 11 is 0. The number of rotatable bonds is 36. The van der Waals surface area contributed by atoms with Gasteiger partial charge in [0.15, 0.2) is 0 Å². The molecule has 0 aliphatic heterocycles. The maximum absolute atomic E-state index is 10.8. The fraction of sp³-hybridized carbons (Fsp3) is 0.755. The molecule has 0 aliphatic carbocycles. The van der Waals surface area contributed by atoms with Crippen LogP contribution in [0.2, 0.25) is 0 Å². The third-order valence-corrected chi connectivity index (χ3v) is 11.5. The van der Waals surface area contributed by atoms with Gasteiger partial charge in [0.1, 0.15) is 17.2 Å². The normalized spacial score (nSPS) is 11.3. The summed E-state index contributed by atoms with van der Waals surface area (Å²) in [6.07, 6.45) is 31.4. The van der Waals surface area contributed by atoms with Crippen molar-refractivity contribution in [2.24, 2.45) is 0 Å². The molecule has 2 aromatic rings. The van der Waals surface area contributed by atoms with Crippen LogP contribution in [0.1, 0.15) is 198 Å². The second-order valence-corrected chi connectivity index (χ2v) is 16.0. The lowest BCUT2D eigenvalue weighted by Crippen LogP contribution is -2.26. The van der Waals surface area contributed by atoms with Gasteiger partial charge in [-0.1, -0.05) is 156 Å². The average Bonchev–Trinajstić information content (AvgIpc) is 3.21. The fourth-order valence-corrected chi connectivity index (χ4v) is 7.97. The predicted octanol–water partition coefficient (Wildman–Crippen LogP) is 13.9. The largest absolute Gasteiger partial charge is 0.496 e. The van der Waals surface area contributed by atoms with Crippen LogP contribution in [-0.4, -0.2) is 52.6 Å². The minimum Gasteiger partial charge on any atom is -0.496 e. The van der Waals surface area contributed by atoms with Crippen LogP contribution in [0, 0.1) is 0 Å². The van der Waals surface area contributed by atoms with Gasteiger partial charge in [0, 0.05) is 73.3 Å². The van der Waals surface area contributed by atoms with Crippen LogP contribution in [-0.2, 0) is 13.0 Å². The topological polar surface area (TPSA) is 54.4 Å². The van der Waals surface area contributed by atoms with E-state index in [0.29, 0.717) is 6.42 Å². The zero-order valence-electron chi connectivity index (χ0n) is 37.1. The van der Waals surface area contributed by atoms with Crippen LogP contribution in [0.25, 0.3) is 0 Å². The molecule has 0 atom stereocenters. The monoisotopic (exact) mass is 767 g/mol. The highest BCUT2D eigenvalue weighted by Gasteiger charge is 2.22. The van der Waals surface area contributed by atoms with Crippen LogP contribution in [0.5, 0.6) is 17.2 Å². The molecule has 6 heteroatoms. The van der Waals surface area contributed by atoms with Crippen molar-refractivity contribution in [1.82, 2.24) is 0 Å². The van der Waals surface area contributed by atoms with Crippen LogP contribution in [0.3, 0.4) is 0 Å². The van der Waals surface area contributed by atoms with Crippen molar-refractivity contribution in [2.45, 2.75) is 195 Å². The van der Waals surface area contributed by atoms with Gasteiger partial charge in [0.2, 0.25) is 0 Å². The summed E-state index contributed by atoms with van der Waals surface area (Å²) in [5, 5.41) is 10.8. The lowest BCUT2D eigenvalue weighted by atomic mass is 9.96. The molecule has 2 rings (SSSR count). The van der Waals surface area contributed by atoms with Crippen LogP contribution >= 0.6 is 0 Å². The van der Waals surface area contributed by atoms with Crippen LogP contribution in [0.4, 0.5) is 11.4 Å². The molecule has 0 saturated heterocycles. The van der Waals surface area contributed by atoms with E-state index in [4.69, 9.17) is 14.2 Å². The number of hydrogen-bond donors (Lipinski definition) is 1. The summed E-state index contributed by atoms with van der Waals surface area (Å²) in [6, 6.07) is 8.85. The molecule has 0 radical (unpaired) electrons. The Morgan fingerprint density at radius 2 is 0.691 bits per heavy atom. The van der Waals surface area contributed by atoms with Crippen molar-refractivity contribution < 1.29 is 19.3 Å². The van der Waals surface area contributed by atoms with Crippen molar-refractivity contribution in [3.05, 3.63) is 41.0 Å². The molecule has 1 N–H and O–H groups in total. The highest BCUT2D eigenvalue weighted by molar-refractivity contribution is 5.64. The van der Waals surface area contributed by atoms with Gasteiger partial charge in [-0.2, -0.15) is 0 Å². The number of benzene rings is 2. The van der Waals surface area contributed by atoms with Crippen LogP contribution < -0.4 is 24.0 Å². The lowest BCUT2D eigenvalue weighted by Gasteiger charge is -2.28. The first kappa shape index (κ1) is 48.5. The quantitative estimate of drug-likeness (QED) is 0.0697. The summed E-state index contributed by atoms with van der Waals surface area (Å²) in [4.78, 5) is 5.11. The van der Waals surface area contributed by atoms with Gasteiger partial charge in [0.25, 0.3) is 0 Å². The van der Waals surface area contributed by atoms with Gasteiger partial charge in [-0.25, -0.2) is 0 Å². The van der Waals surface area contributed by atoms with E-state index in [9.17, 15) is 5.11 Å². The van der Waals surface area contributed by atoms with Crippen molar-refractivity contribution in [1.29, 1.82) is 0 Å². The third kappa shape index (κ3) is 18.9. The molecular formula is C49H86N2O4. The van der Waals surface area contributed by atoms with E-state index in [-0.39, 0.29) is 6.61 Å². The first-order valence-corrected chi connectivity index (χ1v) is 23.1. The Hall–Kier alpha value is -2.60. The maximum Gasteiger partial charge on any atom is 0.128 e. The standard InChI is InChI=1S/C49H86N2O4/c1-8-12-16-20-24-28-32-50(33-29-25-21-17-13-9-2)43-36-42(41-52)45(47(37-43)53-5)40-46-48(54-6)38-44(39-49(46)55-7)51(34-30-26-22-18-14-10-3)35-31-27-23-19-15-11-4/h36-39,52H,8-35,40-41H2,1-7H3. The van der Waals surface area contributed by atoms with E-state index in [1.54, 1.807) is 21.3 Å². The number of methoxy groups -OCH3 is 3. The molecule has 0 spiro atoms. The molecule has 316 valence electrons. The van der Waals surface area contributed by atoms with E-state index in [0.717, 1.165) is 65.8 Å². The molecule has 0 saturated carbocycles. The molecule has 0 bridgehead atoms. The van der Waals surface area contributed by atoms with E-state index in [1.165, 1.54) is 160 Å². The minimum atomic E-state index is -0.0472. The van der Waals surface area contributed by atoms with E-state index in [1.807, 2.05) is 0 Å². The smallest absolute Gasteiger partial charge is 0.128 e. The Bertz CT molecular complexity index is 1060. The van der Waals surface area contributed by atoms with E-state index in [2.05, 4.69) is 61.8 Å².